The molecule has 10 heteroatoms. The molecule has 2 aliphatic rings. The second kappa shape index (κ2) is 12.8. The number of rotatable bonds is 10. The maximum atomic E-state index is 13.7. The maximum absolute atomic E-state index is 13.7. The number of thioether (sulfide) groups is 1. The molecule has 1 aliphatic heterocycles. The highest BCUT2D eigenvalue weighted by molar-refractivity contribution is 8.16. The first-order valence-electron chi connectivity index (χ1n) is 13.5. The minimum Gasteiger partial charge on any atom is -0.465 e. The maximum Gasteiger partial charge on any atom is 0.341 e. The van der Waals surface area contributed by atoms with Gasteiger partial charge in [0.05, 0.1) is 18.2 Å². The van der Waals surface area contributed by atoms with E-state index < -0.39 is 17.1 Å². The minimum atomic E-state index is -0.847. The number of benzene rings is 1. The summed E-state index contributed by atoms with van der Waals surface area (Å²) in [4.78, 5) is 45.5. The van der Waals surface area contributed by atoms with Crippen LogP contribution in [0, 0.1) is 0 Å². The number of amides is 2. The van der Waals surface area contributed by atoms with Gasteiger partial charge in [0.15, 0.2) is 0 Å². The van der Waals surface area contributed by atoms with Gasteiger partial charge in [0, 0.05) is 22.8 Å². The normalized spacial score (nSPS) is 17.4. The summed E-state index contributed by atoms with van der Waals surface area (Å²) in [6.45, 7) is 6.70. The average molecular weight is 569 g/mol. The van der Waals surface area contributed by atoms with E-state index in [-0.39, 0.29) is 17.2 Å². The number of nitrogens with two attached hydrogens (primary N) is 1. The van der Waals surface area contributed by atoms with Crippen molar-refractivity contribution in [3.63, 3.8) is 0 Å². The third-order valence-corrected chi connectivity index (χ3v) is 9.50. The molecule has 2 heterocycles. The number of anilines is 2. The van der Waals surface area contributed by atoms with Gasteiger partial charge in [-0.15, -0.1) is 11.3 Å². The van der Waals surface area contributed by atoms with Crippen molar-refractivity contribution in [2.24, 2.45) is 10.7 Å². The molecule has 39 heavy (non-hydrogen) atoms. The zero-order chi connectivity index (χ0) is 28.1. The summed E-state index contributed by atoms with van der Waals surface area (Å²) >= 11 is 2.59. The number of hydrogen-bond donors (Lipinski definition) is 3. The van der Waals surface area contributed by atoms with E-state index in [9.17, 15) is 14.4 Å². The highest BCUT2D eigenvalue weighted by Gasteiger charge is 2.39. The largest absolute Gasteiger partial charge is 0.465 e. The summed E-state index contributed by atoms with van der Waals surface area (Å²) in [5.74, 6) is -1.22. The van der Waals surface area contributed by atoms with Crippen molar-refractivity contribution in [3.05, 3.63) is 56.6 Å². The molecule has 2 amide bonds. The predicted molar refractivity (Wildman–Crippen MR) is 160 cm³/mol. The Hall–Kier alpha value is -3.11. The number of nitrogens with zero attached hydrogens (tertiary/aromatic N) is 1. The van der Waals surface area contributed by atoms with E-state index in [0.29, 0.717) is 22.2 Å². The highest BCUT2D eigenvalue weighted by Crippen LogP contribution is 2.41. The molecule has 0 saturated heterocycles. The van der Waals surface area contributed by atoms with Gasteiger partial charge in [-0.25, -0.2) is 4.79 Å². The Morgan fingerprint density at radius 2 is 1.82 bits per heavy atom. The summed E-state index contributed by atoms with van der Waals surface area (Å²) in [5.41, 5.74) is 11.2. The van der Waals surface area contributed by atoms with Crippen LogP contribution in [-0.2, 0) is 40.0 Å². The van der Waals surface area contributed by atoms with E-state index in [1.165, 1.54) is 30.2 Å². The number of hydrogen-bond acceptors (Lipinski definition) is 8. The summed E-state index contributed by atoms with van der Waals surface area (Å²) in [6.07, 6.45) is 5.98. The van der Waals surface area contributed by atoms with Crippen molar-refractivity contribution in [1.29, 1.82) is 0 Å². The van der Waals surface area contributed by atoms with Crippen molar-refractivity contribution >= 4 is 56.6 Å². The topological polar surface area (TPSA) is 123 Å². The van der Waals surface area contributed by atoms with Gasteiger partial charge in [0.25, 0.3) is 5.91 Å². The number of aryl methyl sites for hydroxylation is 3. The van der Waals surface area contributed by atoms with Crippen molar-refractivity contribution in [3.8, 4) is 0 Å². The van der Waals surface area contributed by atoms with E-state index in [2.05, 4.69) is 22.5 Å². The zero-order valence-corrected chi connectivity index (χ0v) is 24.6. The molecule has 1 unspecified atom stereocenters. The van der Waals surface area contributed by atoms with E-state index in [0.717, 1.165) is 72.2 Å². The fourth-order valence-electron chi connectivity index (χ4n) is 4.93. The van der Waals surface area contributed by atoms with Crippen LogP contribution in [0.3, 0.4) is 0 Å². The lowest BCUT2D eigenvalue weighted by molar-refractivity contribution is -0.115. The lowest BCUT2D eigenvalue weighted by Gasteiger charge is -2.15. The van der Waals surface area contributed by atoms with Gasteiger partial charge < -0.3 is 21.1 Å². The van der Waals surface area contributed by atoms with Crippen LogP contribution < -0.4 is 16.4 Å². The van der Waals surface area contributed by atoms with Gasteiger partial charge in [-0.2, -0.15) is 0 Å². The molecule has 0 fully saturated rings. The van der Waals surface area contributed by atoms with E-state index in [1.807, 2.05) is 32.0 Å². The molecule has 4 N–H and O–H groups in total. The third kappa shape index (κ3) is 5.91. The average Bonchev–Trinajstić information content (AvgIpc) is 3.61. The molecule has 208 valence electrons. The predicted octanol–water partition coefficient (Wildman–Crippen LogP) is 5.25. The summed E-state index contributed by atoms with van der Waals surface area (Å²) in [6, 6.07) is 5.99. The Balaban J connectivity index is 1.65. The third-order valence-electron chi connectivity index (χ3n) is 7.03. The number of carbonyl (C=O) groups excluding carboxylic acids is 3. The van der Waals surface area contributed by atoms with Crippen LogP contribution in [0.1, 0.15) is 72.0 Å². The summed E-state index contributed by atoms with van der Waals surface area (Å²) in [5, 5.41) is 6.08. The van der Waals surface area contributed by atoms with Crippen LogP contribution in [0.5, 0.6) is 0 Å². The fraction of sp³-hybridized carbons (Fsp3) is 0.448. The van der Waals surface area contributed by atoms with Crippen molar-refractivity contribution in [2.75, 3.05) is 24.3 Å². The van der Waals surface area contributed by atoms with Crippen LogP contribution in [-0.4, -0.2) is 41.7 Å². The Morgan fingerprint density at radius 3 is 2.46 bits per heavy atom. The van der Waals surface area contributed by atoms with Crippen LogP contribution in [0.4, 0.5) is 10.7 Å². The highest BCUT2D eigenvalue weighted by atomic mass is 32.2. The zero-order valence-electron chi connectivity index (χ0n) is 22.9. The lowest BCUT2D eigenvalue weighted by atomic mass is 10.0. The molecule has 0 bridgehead atoms. The first-order valence-corrected chi connectivity index (χ1v) is 15.2. The number of aliphatic imine (C=N–C) groups is 1. The number of fused-ring (bicyclic) bond motifs is 1. The molecule has 0 saturated carbocycles. The standard InChI is InChI=1S/C29H36N4O4S2/c1-5-8-15-31-27-21(25(34)32-23-16(6-2)11-9-12-17(23)7-3)22(30)24(39-27)26(35)33-28-20(29(36)37-4)18-13-10-14-19(18)38-28/h9,11-12,24H,5-8,10,13-15,30H2,1-4H3,(H,32,34)(H,33,35). The first kappa shape index (κ1) is 28.9. The number of unbranched alkanes of at least 4 members (excludes halogenated alkanes) is 1. The van der Waals surface area contributed by atoms with Gasteiger partial charge in [0.1, 0.15) is 15.3 Å². The van der Waals surface area contributed by atoms with Crippen molar-refractivity contribution in [1.82, 2.24) is 0 Å². The Bertz CT molecular complexity index is 1320. The monoisotopic (exact) mass is 568 g/mol. The summed E-state index contributed by atoms with van der Waals surface area (Å²) < 4.78 is 5.01. The summed E-state index contributed by atoms with van der Waals surface area (Å²) in [7, 11) is 1.34. The van der Waals surface area contributed by atoms with Gasteiger partial charge in [-0.1, -0.05) is 57.2 Å². The van der Waals surface area contributed by atoms with Crippen LogP contribution in [0.2, 0.25) is 0 Å². The van der Waals surface area contributed by atoms with E-state index in [1.54, 1.807) is 0 Å². The molecule has 1 aromatic heterocycles. The molecule has 4 rings (SSSR count). The minimum absolute atomic E-state index is 0.168. The van der Waals surface area contributed by atoms with Crippen LogP contribution >= 0.6 is 23.1 Å². The Morgan fingerprint density at radius 1 is 1.10 bits per heavy atom. The molecular weight excluding hydrogens is 532 g/mol. The van der Waals surface area contributed by atoms with Crippen molar-refractivity contribution in [2.45, 2.75) is 71.0 Å². The van der Waals surface area contributed by atoms with Gasteiger partial charge in [-0.05, 0) is 55.2 Å². The number of carbonyl (C=O) groups is 3. The number of para-hydroxylation sites is 1. The second-order valence-corrected chi connectivity index (χ2v) is 11.7. The Kier molecular flexibility index (Phi) is 9.50. The smallest absolute Gasteiger partial charge is 0.341 e. The molecule has 1 aliphatic carbocycles. The van der Waals surface area contributed by atoms with E-state index in [4.69, 9.17) is 10.5 Å². The number of nitrogens with one attached hydrogen (secondary N) is 2. The van der Waals surface area contributed by atoms with Gasteiger partial charge >= 0.3 is 5.97 Å². The number of esters is 1. The quantitative estimate of drug-likeness (QED) is 0.266. The molecule has 8 nitrogen and oxygen atoms in total. The van der Waals surface area contributed by atoms with Gasteiger partial charge in [0.2, 0.25) is 5.91 Å². The number of methoxy groups -OCH3 is 1. The molecular formula is C29H36N4O4S2. The molecule has 1 aromatic carbocycles. The molecule has 0 spiro atoms. The van der Waals surface area contributed by atoms with Crippen LogP contribution in [0.25, 0.3) is 0 Å². The molecule has 1 atom stereocenters. The van der Waals surface area contributed by atoms with Crippen LogP contribution in [0.15, 0.2) is 34.5 Å². The number of ether oxygens (including phenoxy) is 1. The first-order chi connectivity index (χ1) is 18.8. The Labute approximate surface area is 237 Å². The fourth-order valence-corrected chi connectivity index (χ4v) is 7.34. The SMILES string of the molecule is CCCCN=C1SC(C(=O)Nc2sc3c(c2C(=O)OC)CCC3)C(N)=C1C(=O)Nc1c(CC)cccc1CC. The second-order valence-electron chi connectivity index (χ2n) is 9.52. The van der Waals surface area contributed by atoms with Gasteiger partial charge in [-0.3, -0.25) is 14.6 Å². The number of thiophene rings is 1. The van der Waals surface area contributed by atoms with E-state index >= 15 is 0 Å². The lowest BCUT2D eigenvalue weighted by Crippen LogP contribution is -2.30. The molecule has 2 aromatic rings. The van der Waals surface area contributed by atoms with Crippen molar-refractivity contribution < 1.29 is 19.1 Å². The molecule has 0 radical (unpaired) electrons.